The topological polar surface area (TPSA) is 52.6 Å². The van der Waals surface area contributed by atoms with E-state index < -0.39 is 5.97 Å². The highest BCUT2D eigenvalue weighted by molar-refractivity contribution is 7.12. The highest BCUT2D eigenvalue weighted by Crippen LogP contribution is 2.26. The van der Waals surface area contributed by atoms with Crippen molar-refractivity contribution in [2.24, 2.45) is 0 Å². The lowest BCUT2D eigenvalue weighted by Gasteiger charge is -2.07. The molecule has 0 amide bonds. The Morgan fingerprint density at radius 3 is 2.35 bits per heavy atom. The third-order valence-corrected chi connectivity index (χ3v) is 5.31. The van der Waals surface area contributed by atoms with Gasteiger partial charge >= 0.3 is 5.97 Å². The summed E-state index contributed by atoms with van der Waals surface area (Å²) in [4.78, 5) is 26.6. The van der Waals surface area contributed by atoms with E-state index in [1.165, 1.54) is 22.7 Å². The number of ketones is 1. The van der Waals surface area contributed by atoms with Crippen LogP contribution in [-0.2, 0) is 9.53 Å². The van der Waals surface area contributed by atoms with Gasteiger partial charge < -0.3 is 9.47 Å². The molecule has 0 N–H and O–H groups in total. The number of carbonyl (C=O) groups is 2. The molecule has 0 spiro atoms. The highest BCUT2D eigenvalue weighted by atomic mass is 32.1. The molecule has 0 aliphatic carbocycles. The number of benzene rings is 1. The van der Waals surface area contributed by atoms with Crippen LogP contribution < -0.4 is 4.74 Å². The van der Waals surface area contributed by atoms with Crippen LogP contribution >= 0.6 is 22.7 Å². The maximum Gasteiger partial charge on any atom is 0.340 e. The lowest BCUT2D eigenvalue weighted by atomic mass is 10.1. The van der Waals surface area contributed by atoms with Gasteiger partial charge in [-0.3, -0.25) is 4.79 Å². The van der Waals surface area contributed by atoms with Crippen LogP contribution in [0.5, 0.6) is 5.75 Å². The molecule has 3 aromatic rings. The molecule has 3 rings (SSSR count). The van der Waals surface area contributed by atoms with Crippen LogP contribution in [-0.4, -0.2) is 25.5 Å². The first-order valence-electron chi connectivity index (χ1n) is 7.81. The molecule has 0 aliphatic rings. The lowest BCUT2D eigenvalue weighted by molar-refractivity contribution is -0.135. The third kappa shape index (κ3) is 4.47. The van der Waals surface area contributed by atoms with E-state index in [0.29, 0.717) is 16.9 Å². The molecule has 2 heterocycles. The van der Waals surface area contributed by atoms with E-state index in [9.17, 15) is 9.59 Å². The number of methoxy groups -OCH3 is 1. The second-order valence-electron chi connectivity index (χ2n) is 5.28. The van der Waals surface area contributed by atoms with Gasteiger partial charge in [0.15, 0.2) is 12.4 Å². The second-order valence-corrected chi connectivity index (χ2v) is 7.21. The number of carbonyl (C=O) groups excluding carboxylic acids is 2. The molecule has 26 heavy (non-hydrogen) atoms. The van der Waals surface area contributed by atoms with Crippen LogP contribution in [0.1, 0.15) is 20.1 Å². The molecule has 0 fully saturated rings. The first-order chi connectivity index (χ1) is 12.7. The molecule has 0 saturated heterocycles. The predicted octanol–water partition coefficient (Wildman–Crippen LogP) is 4.78. The number of Topliss-reactive ketones (excluding diaryl/α,β-unsaturated/α-hetero) is 1. The zero-order valence-corrected chi connectivity index (χ0v) is 15.6. The minimum Gasteiger partial charge on any atom is -0.497 e. The SMILES string of the molecule is COc1ccc(C(=O)COC(=O)C(=Cc2cccs2)c2cccs2)cc1. The minimum atomic E-state index is -0.511. The summed E-state index contributed by atoms with van der Waals surface area (Å²) < 4.78 is 10.3. The number of esters is 1. The van der Waals surface area contributed by atoms with Gasteiger partial charge in [0, 0.05) is 15.3 Å². The summed E-state index contributed by atoms with van der Waals surface area (Å²) in [5.74, 6) is -0.109. The lowest BCUT2D eigenvalue weighted by Crippen LogP contribution is -2.15. The van der Waals surface area contributed by atoms with Gasteiger partial charge in [0.25, 0.3) is 0 Å². The Balaban J connectivity index is 1.71. The van der Waals surface area contributed by atoms with Crippen molar-refractivity contribution in [1.29, 1.82) is 0 Å². The van der Waals surface area contributed by atoms with E-state index in [4.69, 9.17) is 9.47 Å². The largest absolute Gasteiger partial charge is 0.497 e. The Kier molecular flexibility index (Phi) is 5.99. The number of hydrogen-bond acceptors (Lipinski definition) is 6. The van der Waals surface area contributed by atoms with Crippen LogP contribution in [0, 0.1) is 0 Å². The Labute approximate surface area is 159 Å². The quantitative estimate of drug-likeness (QED) is 0.334. The molecule has 0 bridgehead atoms. The van der Waals surface area contributed by atoms with Gasteiger partial charge in [-0.1, -0.05) is 12.1 Å². The molecule has 0 aliphatic heterocycles. The highest BCUT2D eigenvalue weighted by Gasteiger charge is 2.17. The molecule has 2 aromatic heterocycles. The molecule has 132 valence electrons. The van der Waals surface area contributed by atoms with Crippen molar-refractivity contribution in [3.8, 4) is 5.75 Å². The average molecular weight is 384 g/mol. The molecule has 6 heteroatoms. The number of rotatable bonds is 7. The minimum absolute atomic E-state index is 0.261. The monoisotopic (exact) mass is 384 g/mol. The summed E-state index contributed by atoms with van der Waals surface area (Å²) in [7, 11) is 1.56. The van der Waals surface area contributed by atoms with Crippen molar-refractivity contribution in [3.63, 3.8) is 0 Å². The van der Waals surface area contributed by atoms with Crippen molar-refractivity contribution in [3.05, 3.63) is 74.6 Å². The van der Waals surface area contributed by atoms with Gasteiger partial charge in [-0.05, 0) is 53.2 Å². The Morgan fingerprint density at radius 1 is 1.00 bits per heavy atom. The zero-order valence-electron chi connectivity index (χ0n) is 14.0. The third-order valence-electron chi connectivity index (χ3n) is 3.58. The standard InChI is InChI=1S/C20H16O4S2/c1-23-15-8-6-14(7-9-15)18(21)13-24-20(22)17(19-5-3-11-26-19)12-16-4-2-10-25-16/h2-12H,13H2,1H3. The fourth-order valence-corrected chi connectivity index (χ4v) is 3.63. The summed E-state index contributed by atoms with van der Waals surface area (Å²) >= 11 is 2.98. The van der Waals surface area contributed by atoms with Gasteiger partial charge in [-0.25, -0.2) is 4.79 Å². The molecule has 0 radical (unpaired) electrons. The summed E-state index contributed by atoms with van der Waals surface area (Å²) in [6, 6.07) is 14.3. The molecule has 0 saturated carbocycles. The normalized spacial score (nSPS) is 11.2. The Hall–Kier alpha value is -2.70. The molecule has 0 atom stereocenters. The fourth-order valence-electron chi connectivity index (χ4n) is 2.25. The van der Waals surface area contributed by atoms with Gasteiger partial charge in [-0.15, -0.1) is 22.7 Å². The van der Waals surface area contributed by atoms with E-state index >= 15 is 0 Å². The molecular formula is C20H16O4S2. The van der Waals surface area contributed by atoms with Crippen LogP contribution in [0.15, 0.2) is 59.3 Å². The number of thiophene rings is 2. The van der Waals surface area contributed by atoms with E-state index in [-0.39, 0.29) is 12.4 Å². The average Bonchev–Trinajstić information content (AvgIpc) is 3.37. The van der Waals surface area contributed by atoms with E-state index in [1.54, 1.807) is 37.5 Å². The second kappa shape index (κ2) is 8.60. The first-order valence-corrected chi connectivity index (χ1v) is 9.57. The maximum absolute atomic E-state index is 12.6. The van der Waals surface area contributed by atoms with Crippen LogP contribution in [0.25, 0.3) is 11.6 Å². The van der Waals surface area contributed by atoms with Crippen LogP contribution in [0.2, 0.25) is 0 Å². The number of ether oxygens (including phenoxy) is 2. The van der Waals surface area contributed by atoms with Crippen molar-refractivity contribution in [2.75, 3.05) is 13.7 Å². The zero-order chi connectivity index (χ0) is 18.4. The smallest absolute Gasteiger partial charge is 0.340 e. The van der Waals surface area contributed by atoms with Gasteiger partial charge in [0.05, 0.1) is 12.7 Å². The van der Waals surface area contributed by atoms with E-state index in [0.717, 1.165) is 9.75 Å². The fraction of sp³-hybridized carbons (Fsp3) is 0.100. The van der Waals surface area contributed by atoms with Crippen molar-refractivity contribution in [1.82, 2.24) is 0 Å². The maximum atomic E-state index is 12.6. The Bertz CT molecular complexity index is 892. The van der Waals surface area contributed by atoms with Crippen molar-refractivity contribution >= 4 is 46.1 Å². The van der Waals surface area contributed by atoms with Crippen molar-refractivity contribution in [2.45, 2.75) is 0 Å². The summed E-state index contributed by atoms with van der Waals surface area (Å²) in [5.41, 5.74) is 0.920. The summed E-state index contributed by atoms with van der Waals surface area (Å²) in [6.45, 7) is -0.307. The summed E-state index contributed by atoms with van der Waals surface area (Å²) in [6.07, 6.45) is 1.79. The molecule has 1 aromatic carbocycles. The van der Waals surface area contributed by atoms with Crippen LogP contribution in [0.3, 0.4) is 0 Å². The summed E-state index contributed by atoms with van der Waals surface area (Å²) in [5, 5.41) is 3.84. The Morgan fingerprint density at radius 2 is 1.73 bits per heavy atom. The van der Waals surface area contributed by atoms with Gasteiger partial charge in [0.2, 0.25) is 0 Å². The van der Waals surface area contributed by atoms with Crippen molar-refractivity contribution < 1.29 is 19.1 Å². The van der Waals surface area contributed by atoms with Gasteiger partial charge in [0.1, 0.15) is 5.75 Å². The molecule has 0 unspecified atom stereocenters. The first kappa shape index (κ1) is 18.1. The van der Waals surface area contributed by atoms with E-state index in [2.05, 4.69) is 0 Å². The molecular weight excluding hydrogens is 368 g/mol. The predicted molar refractivity (Wildman–Crippen MR) is 105 cm³/mol. The van der Waals surface area contributed by atoms with Gasteiger partial charge in [-0.2, -0.15) is 0 Å². The number of hydrogen-bond donors (Lipinski definition) is 0. The van der Waals surface area contributed by atoms with E-state index in [1.807, 2.05) is 35.0 Å². The molecule has 4 nitrogen and oxygen atoms in total. The van der Waals surface area contributed by atoms with Crippen LogP contribution in [0.4, 0.5) is 0 Å².